The molecule has 2 aromatic heterocycles. The number of hydrogen-bond donors (Lipinski definition) is 0. The predicted octanol–water partition coefficient (Wildman–Crippen LogP) is 3.85. The van der Waals surface area contributed by atoms with Crippen molar-refractivity contribution in [2.45, 2.75) is 38.4 Å². The van der Waals surface area contributed by atoms with E-state index in [1.807, 2.05) is 44.2 Å². The second kappa shape index (κ2) is 6.34. The van der Waals surface area contributed by atoms with E-state index >= 15 is 0 Å². The van der Waals surface area contributed by atoms with Gasteiger partial charge < -0.3 is 4.52 Å². The molecule has 0 bridgehead atoms. The Bertz CT molecular complexity index is 837. The molecule has 0 aliphatic rings. The van der Waals surface area contributed by atoms with Gasteiger partial charge >= 0.3 is 6.18 Å². The van der Waals surface area contributed by atoms with Gasteiger partial charge in [-0.2, -0.15) is 23.3 Å². The molecule has 3 aromatic rings. The highest BCUT2D eigenvalue weighted by Crippen LogP contribution is 2.28. The van der Waals surface area contributed by atoms with Crippen LogP contribution in [0, 0.1) is 0 Å². The van der Waals surface area contributed by atoms with Gasteiger partial charge in [0.15, 0.2) is 11.5 Å². The molecule has 1 aromatic carbocycles. The Labute approximate surface area is 142 Å². The summed E-state index contributed by atoms with van der Waals surface area (Å²) in [5.41, 5.74) is -0.179. The molecular formula is C17H17F3N4O. The number of alkyl halides is 3. The van der Waals surface area contributed by atoms with Crippen LogP contribution in [0.25, 0.3) is 0 Å². The summed E-state index contributed by atoms with van der Waals surface area (Å²) in [7, 11) is 0. The van der Waals surface area contributed by atoms with Gasteiger partial charge in [-0.05, 0) is 18.1 Å². The van der Waals surface area contributed by atoms with E-state index in [4.69, 9.17) is 4.52 Å². The second-order valence-corrected chi connectivity index (χ2v) is 6.45. The highest BCUT2D eigenvalue weighted by Gasteiger charge is 2.33. The van der Waals surface area contributed by atoms with Crippen molar-refractivity contribution in [1.82, 2.24) is 19.9 Å². The predicted molar refractivity (Wildman–Crippen MR) is 83.8 cm³/mol. The lowest BCUT2D eigenvalue weighted by molar-refractivity contribution is -0.141. The van der Waals surface area contributed by atoms with E-state index in [0.29, 0.717) is 12.2 Å². The summed E-state index contributed by atoms with van der Waals surface area (Å²) in [5, 5.41) is 7.47. The number of aromatic nitrogens is 4. The lowest BCUT2D eigenvalue weighted by Gasteiger charge is -2.20. The first-order valence-corrected chi connectivity index (χ1v) is 7.72. The van der Waals surface area contributed by atoms with Gasteiger partial charge in [0.05, 0.1) is 0 Å². The Kier molecular flexibility index (Phi) is 4.36. The van der Waals surface area contributed by atoms with Crippen molar-refractivity contribution in [2.75, 3.05) is 0 Å². The maximum Gasteiger partial charge on any atom is 0.435 e. The first kappa shape index (κ1) is 17.2. The molecule has 0 fully saturated rings. The summed E-state index contributed by atoms with van der Waals surface area (Å²) in [6, 6.07) is 10.8. The molecule has 0 aliphatic heterocycles. The fourth-order valence-corrected chi connectivity index (χ4v) is 2.52. The van der Waals surface area contributed by atoms with Crippen LogP contribution in [0.1, 0.15) is 36.8 Å². The van der Waals surface area contributed by atoms with E-state index in [0.717, 1.165) is 16.3 Å². The maximum absolute atomic E-state index is 12.6. The van der Waals surface area contributed by atoms with Crippen LogP contribution in [0.5, 0.6) is 0 Å². The molecule has 132 valence electrons. The third-order valence-corrected chi connectivity index (χ3v) is 3.79. The third kappa shape index (κ3) is 4.07. The molecule has 0 unspecified atom stereocenters. The molecule has 2 heterocycles. The van der Waals surface area contributed by atoms with Gasteiger partial charge in [-0.25, -0.2) is 0 Å². The van der Waals surface area contributed by atoms with Crippen molar-refractivity contribution in [1.29, 1.82) is 0 Å². The molecular weight excluding hydrogens is 333 g/mol. The lowest BCUT2D eigenvalue weighted by Crippen LogP contribution is -2.22. The second-order valence-electron chi connectivity index (χ2n) is 6.45. The van der Waals surface area contributed by atoms with Crippen molar-refractivity contribution >= 4 is 0 Å². The number of hydrogen-bond acceptors (Lipinski definition) is 4. The molecule has 25 heavy (non-hydrogen) atoms. The summed E-state index contributed by atoms with van der Waals surface area (Å²) in [6.07, 6.45) is -2.52. The number of benzene rings is 1. The van der Waals surface area contributed by atoms with Crippen LogP contribution in [0.4, 0.5) is 13.2 Å². The summed E-state index contributed by atoms with van der Waals surface area (Å²) in [5.74, 6) is 0.725. The molecule has 5 nitrogen and oxygen atoms in total. The number of nitrogens with zero attached hydrogens (tertiary/aromatic N) is 4. The molecule has 0 saturated heterocycles. The van der Waals surface area contributed by atoms with E-state index in [1.165, 1.54) is 6.20 Å². The number of rotatable bonds is 5. The molecule has 0 saturated carbocycles. The van der Waals surface area contributed by atoms with Crippen LogP contribution in [-0.2, 0) is 24.6 Å². The first-order chi connectivity index (χ1) is 11.7. The third-order valence-electron chi connectivity index (χ3n) is 3.79. The molecule has 0 spiro atoms. The topological polar surface area (TPSA) is 56.7 Å². The largest absolute Gasteiger partial charge is 0.435 e. The van der Waals surface area contributed by atoms with Gasteiger partial charge in [0.1, 0.15) is 6.54 Å². The Balaban J connectivity index is 1.72. The Hall–Kier alpha value is -2.64. The van der Waals surface area contributed by atoms with Gasteiger partial charge in [-0.15, -0.1) is 0 Å². The van der Waals surface area contributed by atoms with Gasteiger partial charge in [-0.1, -0.05) is 49.3 Å². The van der Waals surface area contributed by atoms with E-state index in [-0.39, 0.29) is 17.9 Å². The Morgan fingerprint density at radius 1 is 1.08 bits per heavy atom. The summed E-state index contributed by atoms with van der Waals surface area (Å²) < 4.78 is 44.1. The Morgan fingerprint density at radius 3 is 2.44 bits per heavy atom. The highest BCUT2D eigenvalue weighted by atomic mass is 19.4. The molecule has 0 amide bonds. The molecule has 0 radical (unpaired) electrons. The summed E-state index contributed by atoms with van der Waals surface area (Å²) in [6.45, 7) is 3.97. The van der Waals surface area contributed by atoms with Crippen molar-refractivity contribution in [3.05, 3.63) is 65.6 Å². The van der Waals surface area contributed by atoms with Crippen molar-refractivity contribution in [2.24, 2.45) is 0 Å². The summed E-state index contributed by atoms with van der Waals surface area (Å²) >= 11 is 0. The smallest absolute Gasteiger partial charge is 0.337 e. The maximum atomic E-state index is 12.6. The normalized spacial score (nSPS) is 12.5. The minimum atomic E-state index is -4.47. The van der Waals surface area contributed by atoms with Crippen LogP contribution < -0.4 is 0 Å². The zero-order valence-electron chi connectivity index (χ0n) is 13.8. The quantitative estimate of drug-likeness (QED) is 0.701. The monoisotopic (exact) mass is 350 g/mol. The SMILES string of the molecule is CC(C)(Cc1ccccc1)c1noc(Cn2ccc(C(F)(F)F)n2)n1. The standard InChI is InChI=1S/C17H17F3N4O/c1-16(2,10-12-6-4-3-5-7-12)15-21-14(25-23-15)11-24-9-8-13(22-24)17(18,19)20/h3-9H,10-11H2,1-2H3. The zero-order chi connectivity index (χ0) is 18.1. The van der Waals surface area contributed by atoms with Crippen molar-refractivity contribution in [3.63, 3.8) is 0 Å². The number of halogens is 3. The first-order valence-electron chi connectivity index (χ1n) is 7.72. The van der Waals surface area contributed by atoms with Crippen LogP contribution >= 0.6 is 0 Å². The van der Waals surface area contributed by atoms with E-state index < -0.39 is 11.9 Å². The minimum Gasteiger partial charge on any atom is -0.337 e. The molecule has 0 atom stereocenters. The van der Waals surface area contributed by atoms with Gasteiger partial charge in [0.25, 0.3) is 0 Å². The Morgan fingerprint density at radius 2 is 1.80 bits per heavy atom. The van der Waals surface area contributed by atoms with Crippen LogP contribution in [-0.4, -0.2) is 19.9 Å². The fraction of sp³-hybridized carbons (Fsp3) is 0.353. The van der Waals surface area contributed by atoms with Gasteiger partial charge in [-0.3, -0.25) is 4.68 Å². The van der Waals surface area contributed by atoms with Gasteiger partial charge in [0.2, 0.25) is 5.89 Å². The average molecular weight is 350 g/mol. The molecule has 3 rings (SSSR count). The van der Waals surface area contributed by atoms with E-state index in [1.54, 1.807) is 0 Å². The van der Waals surface area contributed by atoms with Crippen molar-refractivity contribution in [3.8, 4) is 0 Å². The van der Waals surface area contributed by atoms with E-state index in [2.05, 4.69) is 15.2 Å². The van der Waals surface area contributed by atoms with Crippen LogP contribution in [0.15, 0.2) is 47.1 Å². The lowest BCUT2D eigenvalue weighted by atomic mass is 9.85. The summed E-state index contributed by atoms with van der Waals surface area (Å²) in [4.78, 5) is 4.32. The molecule has 0 N–H and O–H groups in total. The zero-order valence-corrected chi connectivity index (χ0v) is 13.8. The van der Waals surface area contributed by atoms with Crippen LogP contribution in [0.2, 0.25) is 0 Å². The van der Waals surface area contributed by atoms with Gasteiger partial charge in [0, 0.05) is 11.6 Å². The average Bonchev–Trinajstić information content (AvgIpc) is 3.17. The van der Waals surface area contributed by atoms with E-state index in [9.17, 15) is 13.2 Å². The minimum absolute atomic E-state index is 0.00943. The highest BCUT2D eigenvalue weighted by molar-refractivity contribution is 5.20. The fourth-order valence-electron chi connectivity index (χ4n) is 2.52. The van der Waals surface area contributed by atoms with Crippen molar-refractivity contribution < 1.29 is 17.7 Å². The molecule has 8 heteroatoms. The molecule has 0 aliphatic carbocycles. The van der Waals surface area contributed by atoms with Crippen LogP contribution in [0.3, 0.4) is 0 Å².